The first-order valence-electron chi connectivity index (χ1n) is 11.4. The Morgan fingerprint density at radius 3 is 2.49 bits per heavy atom. The maximum absolute atomic E-state index is 13.7. The molecule has 5 rings (SSSR count). The van der Waals surface area contributed by atoms with Crippen LogP contribution < -0.4 is 9.80 Å². The number of aromatic nitrogens is 2. The van der Waals surface area contributed by atoms with Gasteiger partial charge in [-0.1, -0.05) is 48.2 Å². The van der Waals surface area contributed by atoms with E-state index < -0.39 is 0 Å². The van der Waals surface area contributed by atoms with Gasteiger partial charge in [0.2, 0.25) is 5.91 Å². The fourth-order valence-electron chi connectivity index (χ4n) is 4.50. The first-order valence-corrected chi connectivity index (χ1v) is 12.3. The van der Waals surface area contributed by atoms with E-state index in [4.69, 9.17) is 4.42 Å². The Morgan fingerprint density at radius 1 is 1.00 bits per heavy atom. The van der Waals surface area contributed by atoms with Crippen LogP contribution in [0.3, 0.4) is 0 Å². The number of hydrogen-bond donors (Lipinski definition) is 0. The van der Waals surface area contributed by atoms with E-state index in [9.17, 15) is 9.59 Å². The van der Waals surface area contributed by atoms with Crippen LogP contribution in [0.2, 0.25) is 0 Å². The van der Waals surface area contributed by atoms with Gasteiger partial charge in [-0.3, -0.25) is 9.59 Å². The van der Waals surface area contributed by atoms with Crippen LogP contribution in [0.4, 0.5) is 11.4 Å². The van der Waals surface area contributed by atoms with Crippen molar-refractivity contribution in [2.45, 2.75) is 30.6 Å². The number of furan rings is 1. The van der Waals surface area contributed by atoms with Gasteiger partial charge in [-0.2, -0.15) is 0 Å². The molecule has 1 aliphatic rings. The van der Waals surface area contributed by atoms with Gasteiger partial charge in [0.05, 0.1) is 18.1 Å². The smallest absolute Gasteiger partial charge is 0.294 e. The third-order valence-electron chi connectivity index (χ3n) is 5.99. The molecule has 0 aliphatic carbocycles. The third kappa shape index (κ3) is 4.70. The van der Waals surface area contributed by atoms with E-state index >= 15 is 0 Å². The van der Waals surface area contributed by atoms with Crippen LogP contribution in [0.5, 0.6) is 0 Å². The lowest BCUT2D eigenvalue weighted by atomic mass is 9.89. The van der Waals surface area contributed by atoms with Crippen LogP contribution in [0.1, 0.15) is 35.5 Å². The number of thioether (sulfide) groups is 1. The molecule has 8 heteroatoms. The Kier molecular flexibility index (Phi) is 6.63. The molecule has 0 bridgehead atoms. The molecule has 176 valence electrons. The predicted molar refractivity (Wildman–Crippen MR) is 135 cm³/mol. The summed E-state index contributed by atoms with van der Waals surface area (Å²) >= 11 is 1.31. The van der Waals surface area contributed by atoms with Gasteiger partial charge < -0.3 is 14.2 Å². The molecule has 1 aliphatic heterocycles. The van der Waals surface area contributed by atoms with Crippen molar-refractivity contribution in [3.8, 4) is 0 Å². The number of hydrogen-bond acceptors (Lipinski definition) is 6. The SMILES string of the molecule is C[C@@H]1C[C@@H](N(C(=O)CSc2ncccn2)c2ccccc2)c2ccccc2N1C(=O)c1ccco1. The molecule has 0 unspecified atom stereocenters. The Bertz CT molecular complexity index is 1300. The van der Waals surface area contributed by atoms with Crippen molar-refractivity contribution in [1.29, 1.82) is 0 Å². The second kappa shape index (κ2) is 10.1. The van der Waals surface area contributed by atoms with E-state index in [1.807, 2.05) is 66.4 Å². The van der Waals surface area contributed by atoms with Gasteiger partial charge in [0, 0.05) is 29.8 Å². The molecule has 7 nitrogen and oxygen atoms in total. The number of carbonyl (C=O) groups is 2. The highest BCUT2D eigenvalue weighted by atomic mass is 32.2. The highest BCUT2D eigenvalue weighted by molar-refractivity contribution is 7.99. The van der Waals surface area contributed by atoms with Gasteiger partial charge in [0.25, 0.3) is 5.91 Å². The minimum atomic E-state index is -0.242. The predicted octanol–water partition coefficient (Wildman–Crippen LogP) is 5.38. The fourth-order valence-corrected chi connectivity index (χ4v) is 5.16. The zero-order valence-corrected chi connectivity index (χ0v) is 20.0. The molecule has 0 N–H and O–H groups in total. The van der Waals surface area contributed by atoms with Crippen molar-refractivity contribution < 1.29 is 14.0 Å². The number of rotatable bonds is 6. The monoisotopic (exact) mass is 484 g/mol. The number of fused-ring (bicyclic) bond motifs is 1. The largest absolute Gasteiger partial charge is 0.459 e. The fraction of sp³-hybridized carbons (Fsp3) is 0.185. The van der Waals surface area contributed by atoms with Crippen molar-refractivity contribution in [2.24, 2.45) is 0 Å². The Labute approximate surface area is 207 Å². The van der Waals surface area contributed by atoms with Gasteiger partial charge in [-0.15, -0.1) is 0 Å². The quantitative estimate of drug-likeness (QED) is 0.270. The van der Waals surface area contributed by atoms with Crippen molar-refractivity contribution in [3.05, 3.63) is 103 Å². The van der Waals surface area contributed by atoms with Crippen LogP contribution in [0.15, 0.2) is 101 Å². The summed E-state index contributed by atoms with van der Waals surface area (Å²) in [6.07, 6.45) is 5.41. The maximum Gasteiger partial charge on any atom is 0.294 e. The maximum atomic E-state index is 13.7. The third-order valence-corrected chi connectivity index (χ3v) is 6.85. The van der Waals surface area contributed by atoms with Crippen LogP contribution in [0, 0.1) is 0 Å². The van der Waals surface area contributed by atoms with Crippen molar-refractivity contribution in [2.75, 3.05) is 15.6 Å². The lowest BCUT2D eigenvalue weighted by Crippen LogP contribution is -2.48. The molecule has 2 aromatic heterocycles. The highest BCUT2D eigenvalue weighted by Crippen LogP contribution is 2.43. The zero-order chi connectivity index (χ0) is 24.2. The lowest BCUT2D eigenvalue weighted by molar-refractivity contribution is -0.116. The van der Waals surface area contributed by atoms with Crippen molar-refractivity contribution in [3.63, 3.8) is 0 Å². The van der Waals surface area contributed by atoms with Gasteiger partial charge in [-0.05, 0) is 55.3 Å². The molecular formula is C27H24N4O3S. The topological polar surface area (TPSA) is 79.5 Å². The first kappa shape index (κ1) is 22.9. The van der Waals surface area contributed by atoms with Gasteiger partial charge >= 0.3 is 0 Å². The van der Waals surface area contributed by atoms with E-state index in [0.29, 0.717) is 17.3 Å². The van der Waals surface area contributed by atoms with E-state index in [1.54, 1.807) is 35.5 Å². The number of nitrogens with zero attached hydrogens (tertiary/aromatic N) is 4. The standard InChI is InChI=1S/C27H24N4O3S/c1-19-17-23(21-11-5-6-12-22(21)30(19)26(33)24-13-7-16-34-24)31(20-9-3-2-4-10-20)25(32)18-35-27-28-14-8-15-29-27/h2-16,19,23H,17-18H2,1H3/t19-,23-/m1/s1. The van der Waals surface area contributed by atoms with Crippen LogP contribution >= 0.6 is 11.8 Å². The number of amides is 2. The number of benzene rings is 2. The Hall–Kier alpha value is -3.91. The molecule has 4 aromatic rings. The summed E-state index contributed by atoms with van der Waals surface area (Å²) in [5.41, 5.74) is 2.51. The highest BCUT2D eigenvalue weighted by Gasteiger charge is 2.39. The van der Waals surface area contributed by atoms with E-state index in [0.717, 1.165) is 16.9 Å². The second-order valence-electron chi connectivity index (χ2n) is 8.23. The summed E-state index contributed by atoms with van der Waals surface area (Å²) in [7, 11) is 0. The molecule has 0 radical (unpaired) electrons. The van der Waals surface area contributed by atoms with Gasteiger partial charge in [0.1, 0.15) is 0 Å². The number of para-hydroxylation sites is 2. The minimum absolute atomic E-state index is 0.0496. The van der Waals surface area contributed by atoms with E-state index in [-0.39, 0.29) is 29.7 Å². The zero-order valence-electron chi connectivity index (χ0n) is 19.2. The normalized spacial score (nSPS) is 17.0. The molecule has 2 atom stereocenters. The van der Waals surface area contributed by atoms with Gasteiger partial charge in [0.15, 0.2) is 10.9 Å². The lowest BCUT2D eigenvalue weighted by Gasteiger charge is -2.43. The summed E-state index contributed by atoms with van der Waals surface area (Å²) in [5, 5.41) is 0.557. The van der Waals surface area contributed by atoms with Crippen LogP contribution in [-0.2, 0) is 4.79 Å². The molecular weight excluding hydrogens is 460 g/mol. The average Bonchev–Trinajstić information content (AvgIpc) is 3.44. The van der Waals surface area contributed by atoms with Crippen LogP contribution in [0.25, 0.3) is 0 Å². The van der Waals surface area contributed by atoms with E-state index in [2.05, 4.69) is 9.97 Å². The molecule has 0 fully saturated rings. The second-order valence-corrected chi connectivity index (χ2v) is 9.17. The molecule has 3 heterocycles. The molecule has 0 saturated heterocycles. The van der Waals surface area contributed by atoms with E-state index in [1.165, 1.54) is 18.0 Å². The summed E-state index contributed by atoms with van der Waals surface area (Å²) in [4.78, 5) is 39.1. The van der Waals surface area contributed by atoms with Crippen LogP contribution in [-0.4, -0.2) is 33.6 Å². The molecule has 0 spiro atoms. The molecule has 2 aromatic carbocycles. The number of carbonyl (C=O) groups excluding carboxylic acids is 2. The minimum Gasteiger partial charge on any atom is -0.459 e. The summed E-state index contributed by atoms with van der Waals surface area (Å²) in [5.74, 6) is 0.246. The summed E-state index contributed by atoms with van der Waals surface area (Å²) in [6.45, 7) is 2.00. The molecule has 35 heavy (non-hydrogen) atoms. The first-order chi connectivity index (χ1) is 17.1. The van der Waals surface area contributed by atoms with Crippen molar-refractivity contribution in [1.82, 2.24) is 9.97 Å². The Morgan fingerprint density at radius 2 is 1.74 bits per heavy atom. The van der Waals surface area contributed by atoms with Gasteiger partial charge in [-0.25, -0.2) is 9.97 Å². The molecule has 2 amide bonds. The van der Waals surface area contributed by atoms with Crippen molar-refractivity contribution >= 4 is 35.0 Å². The molecule has 0 saturated carbocycles. The Balaban J connectivity index is 1.51. The summed E-state index contributed by atoms with van der Waals surface area (Å²) < 4.78 is 5.40. The average molecular weight is 485 g/mol. The number of anilines is 2. The summed E-state index contributed by atoms with van der Waals surface area (Å²) in [6, 6.07) is 22.2.